The number of hydrogen-bond donors (Lipinski definition) is 0. The van der Waals surface area contributed by atoms with Gasteiger partial charge in [0.15, 0.2) is 5.43 Å². The van der Waals surface area contributed by atoms with Gasteiger partial charge >= 0.3 is 0 Å². The van der Waals surface area contributed by atoms with E-state index in [1.165, 1.54) is 25.3 Å². The fraction of sp³-hybridized carbons (Fsp3) is 0.0800. The number of ether oxygens (including phenoxy) is 1. The van der Waals surface area contributed by atoms with Crippen molar-refractivity contribution >= 4 is 0 Å². The SMILES string of the molecule is COc1cccc(-n2c(-c3ccccc3F)cc(=O)c(C)c2-c2ccc(F)cc2F)c1. The van der Waals surface area contributed by atoms with Gasteiger partial charge in [-0.15, -0.1) is 0 Å². The van der Waals surface area contributed by atoms with E-state index in [2.05, 4.69) is 0 Å². The summed E-state index contributed by atoms with van der Waals surface area (Å²) < 4.78 is 50.1. The summed E-state index contributed by atoms with van der Waals surface area (Å²) in [6.45, 7) is 1.56. The molecule has 0 amide bonds. The van der Waals surface area contributed by atoms with Crippen molar-refractivity contribution in [1.29, 1.82) is 0 Å². The van der Waals surface area contributed by atoms with Crippen molar-refractivity contribution in [2.24, 2.45) is 0 Å². The van der Waals surface area contributed by atoms with Gasteiger partial charge < -0.3 is 9.30 Å². The van der Waals surface area contributed by atoms with Gasteiger partial charge in [-0.05, 0) is 43.3 Å². The summed E-state index contributed by atoms with van der Waals surface area (Å²) in [6.07, 6.45) is 0. The molecule has 0 bridgehead atoms. The van der Waals surface area contributed by atoms with E-state index in [9.17, 15) is 18.0 Å². The van der Waals surface area contributed by atoms with Crippen LogP contribution in [-0.2, 0) is 0 Å². The summed E-state index contributed by atoms with van der Waals surface area (Å²) in [5, 5.41) is 0. The van der Waals surface area contributed by atoms with Crippen LogP contribution in [0.5, 0.6) is 5.75 Å². The van der Waals surface area contributed by atoms with E-state index in [1.54, 1.807) is 54.0 Å². The smallest absolute Gasteiger partial charge is 0.185 e. The maximum atomic E-state index is 14.8. The van der Waals surface area contributed by atoms with Gasteiger partial charge in [0.05, 0.1) is 18.5 Å². The summed E-state index contributed by atoms with van der Waals surface area (Å²) in [7, 11) is 1.51. The Labute approximate surface area is 177 Å². The first kappa shape index (κ1) is 20.5. The summed E-state index contributed by atoms with van der Waals surface area (Å²) in [6, 6.07) is 17.4. The van der Waals surface area contributed by atoms with Gasteiger partial charge in [-0.1, -0.05) is 18.2 Å². The van der Waals surface area contributed by atoms with E-state index in [0.29, 0.717) is 11.4 Å². The zero-order valence-electron chi connectivity index (χ0n) is 16.8. The largest absolute Gasteiger partial charge is 0.497 e. The van der Waals surface area contributed by atoms with Gasteiger partial charge in [-0.3, -0.25) is 4.79 Å². The normalized spacial score (nSPS) is 10.9. The summed E-state index contributed by atoms with van der Waals surface area (Å²) in [4.78, 5) is 12.8. The quantitative estimate of drug-likeness (QED) is 0.410. The van der Waals surface area contributed by atoms with Crippen molar-refractivity contribution in [1.82, 2.24) is 4.57 Å². The van der Waals surface area contributed by atoms with E-state index in [4.69, 9.17) is 4.74 Å². The van der Waals surface area contributed by atoms with Crippen molar-refractivity contribution in [2.75, 3.05) is 7.11 Å². The van der Waals surface area contributed by atoms with E-state index in [1.807, 2.05) is 0 Å². The number of methoxy groups -OCH3 is 1. The first-order valence-corrected chi connectivity index (χ1v) is 9.52. The van der Waals surface area contributed by atoms with Gasteiger partial charge in [0.2, 0.25) is 0 Å². The molecular formula is C25H18F3NO2. The highest BCUT2D eigenvalue weighted by atomic mass is 19.1. The number of benzene rings is 3. The molecule has 0 saturated heterocycles. The molecule has 0 spiro atoms. The summed E-state index contributed by atoms with van der Waals surface area (Å²) in [5.74, 6) is -1.57. The minimum atomic E-state index is -0.829. The van der Waals surface area contributed by atoms with Crippen LogP contribution >= 0.6 is 0 Å². The molecule has 0 radical (unpaired) electrons. The Kier molecular flexibility index (Phi) is 5.38. The van der Waals surface area contributed by atoms with Gasteiger partial charge in [0.25, 0.3) is 0 Å². The van der Waals surface area contributed by atoms with Crippen molar-refractivity contribution < 1.29 is 17.9 Å². The molecule has 0 unspecified atom stereocenters. The van der Waals surface area contributed by atoms with Crippen LogP contribution in [-0.4, -0.2) is 11.7 Å². The zero-order valence-corrected chi connectivity index (χ0v) is 16.8. The molecule has 0 N–H and O–H groups in total. The molecule has 0 saturated carbocycles. The van der Waals surface area contributed by atoms with Gasteiger partial charge in [0.1, 0.15) is 23.2 Å². The molecule has 0 aliphatic heterocycles. The van der Waals surface area contributed by atoms with E-state index in [-0.39, 0.29) is 28.1 Å². The lowest BCUT2D eigenvalue weighted by atomic mass is 10.0. The predicted molar refractivity (Wildman–Crippen MR) is 114 cm³/mol. The second-order valence-corrected chi connectivity index (χ2v) is 7.01. The highest BCUT2D eigenvalue weighted by molar-refractivity contribution is 5.74. The molecule has 3 aromatic carbocycles. The van der Waals surface area contributed by atoms with Gasteiger partial charge in [-0.2, -0.15) is 0 Å². The number of halogens is 3. The van der Waals surface area contributed by atoms with Crippen molar-refractivity contribution in [3.63, 3.8) is 0 Å². The molecule has 4 rings (SSSR count). The lowest BCUT2D eigenvalue weighted by Gasteiger charge is -2.22. The van der Waals surface area contributed by atoms with Crippen LogP contribution in [0.3, 0.4) is 0 Å². The number of pyridine rings is 1. The summed E-state index contributed by atoms with van der Waals surface area (Å²) >= 11 is 0. The molecule has 0 atom stereocenters. The Bertz CT molecular complexity index is 1350. The number of aromatic nitrogens is 1. The third-order valence-corrected chi connectivity index (χ3v) is 5.10. The maximum Gasteiger partial charge on any atom is 0.185 e. The summed E-state index contributed by atoms with van der Waals surface area (Å²) in [5.41, 5.74) is 1.02. The van der Waals surface area contributed by atoms with Gasteiger partial charge in [-0.25, -0.2) is 13.2 Å². The van der Waals surface area contributed by atoms with E-state index >= 15 is 0 Å². The maximum absolute atomic E-state index is 14.8. The highest BCUT2D eigenvalue weighted by Crippen LogP contribution is 2.34. The molecule has 0 aliphatic carbocycles. The van der Waals surface area contributed by atoms with Crippen LogP contribution in [0.2, 0.25) is 0 Å². The second kappa shape index (κ2) is 8.14. The van der Waals surface area contributed by atoms with E-state index in [0.717, 1.165) is 12.1 Å². The average Bonchev–Trinajstić information content (AvgIpc) is 2.76. The fourth-order valence-electron chi connectivity index (χ4n) is 3.59. The highest BCUT2D eigenvalue weighted by Gasteiger charge is 2.21. The minimum Gasteiger partial charge on any atom is -0.497 e. The van der Waals surface area contributed by atoms with Crippen LogP contribution < -0.4 is 10.2 Å². The first-order valence-electron chi connectivity index (χ1n) is 9.52. The molecule has 0 fully saturated rings. The van der Waals surface area contributed by atoms with Crippen molar-refractivity contribution in [2.45, 2.75) is 6.92 Å². The topological polar surface area (TPSA) is 31.2 Å². The molecule has 6 heteroatoms. The first-order chi connectivity index (χ1) is 14.9. The van der Waals surface area contributed by atoms with Crippen molar-refractivity contribution in [3.8, 4) is 34.0 Å². The number of hydrogen-bond acceptors (Lipinski definition) is 2. The van der Waals surface area contributed by atoms with E-state index < -0.39 is 22.9 Å². The Morgan fingerprint density at radius 1 is 0.806 bits per heavy atom. The molecule has 4 aromatic rings. The molecular weight excluding hydrogens is 403 g/mol. The Hall–Kier alpha value is -3.80. The average molecular weight is 421 g/mol. The Balaban J connectivity index is 2.18. The molecule has 1 aromatic heterocycles. The standard InChI is InChI=1S/C25H18F3NO2/c1-15-24(30)14-23(19-8-3-4-9-21(19)27)29(17-6-5-7-18(13-17)31-2)25(15)20-11-10-16(26)12-22(20)28/h3-14H,1-2H3. The van der Waals surface area contributed by atoms with Crippen molar-refractivity contribution in [3.05, 3.63) is 106 Å². The number of nitrogens with zero attached hydrogens (tertiary/aromatic N) is 1. The predicted octanol–water partition coefficient (Wildman–Crippen LogP) is 5.91. The third kappa shape index (κ3) is 3.72. The monoisotopic (exact) mass is 421 g/mol. The van der Waals surface area contributed by atoms with Crippen LogP contribution in [0.4, 0.5) is 13.2 Å². The lowest BCUT2D eigenvalue weighted by Crippen LogP contribution is -2.16. The third-order valence-electron chi connectivity index (χ3n) is 5.10. The molecule has 0 aliphatic rings. The van der Waals surface area contributed by atoms with Crippen LogP contribution in [0.1, 0.15) is 5.56 Å². The minimum absolute atomic E-state index is 0.0250. The Morgan fingerprint density at radius 3 is 2.29 bits per heavy atom. The zero-order chi connectivity index (χ0) is 22.1. The molecule has 156 valence electrons. The molecule has 31 heavy (non-hydrogen) atoms. The van der Waals surface area contributed by atoms with Crippen LogP contribution in [0.25, 0.3) is 28.2 Å². The second-order valence-electron chi connectivity index (χ2n) is 7.01. The number of rotatable bonds is 4. The Morgan fingerprint density at radius 2 is 1.58 bits per heavy atom. The lowest BCUT2D eigenvalue weighted by molar-refractivity contribution is 0.414. The molecule has 3 nitrogen and oxygen atoms in total. The molecule has 1 heterocycles. The van der Waals surface area contributed by atoms with Crippen LogP contribution in [0.15, 0.2) is 77.6 Å². The fourth-order valence-corrected chi connectivity index (χ4v) is 3.59. The van der Waals surface area contributed by atoms with Gasteiger partial charge in [0, 0.05) is 40.6 Å². The van der Waals surface area contributed by atoms with Crippen LogP contribution in [0, 0.1) is 24.4 Å².